The zero-order chi connectivity index (χ0) is 48.9. The summed E-state index contributed by atoms with van der Waals surface area (Å²) in [5, 5.41) is 45.3. The average Bonchev–Trinajstić information content (AvgIpc) is 3.26. The number of carbonyl (C=O) groups is 11. The molecule has 0 aliphatic rings. The summed E-state index contributed by atoms with van der Waals surface area (Å²) in [4.78, 5) is 134. The van der Waals surface area contributed by atoms with Crippen LogP contribution in [0.3, 0.4) is 0 Å². The molecule has 0 radical (unpaired) electrons. The number of carboxylic acids is 5. The van der Waals surface area contributed by atoms with Gasteiger partial charge in [0, 0.05) is 24.1 Å². The summed E-state index contributed by atoms with van der Waals surface area (Å²) in [6.07, 6.45) is -1.60. The van der Waals surface area contributed by atoms with Crippen molar-refractivity contribution in [3.63, 3.8) is 0 Å². The third kappa shape index (κ3) is 18.3. The summed E-state index contributed by atoms with van der Waals surface area (Å²) >= 11 is 0. The van der Waals surface area contributed by atoms with E-state index in [1.54, 1.807) is 0 Å². The fourth-order valence-electron chi connectivity index (χ4n) is 5.31. The first kappa shape index (κ1) is 51.6. The van der Waals surface area contributed by atoms with Crippen molar-refractivity contribution in [2.45, 2.75) is 6.10 Å². The molecule has 0 aromatic heterocycles. The van der Waals surface area contributed by atoms with Gasteiger partial charge in [-0.05, 0) is 72.8 Å². The lowest BCUT2D eigenvalue weighted by molar-refractivity contribution is -0.170. The van der Waals surface area contributed by atoms with Crippen LogP contribution in [0.2, 0.25) is 0 Å². The average molecular weight is 928 g/mol. The molecule has 0 saturated carbocycles. The summed E-state index contributed by atoms with van der Waals surface area (Å²) in [5.41, 5.74) is 0.476. The van der Waals surface area contributed by atoms with Gasteiger partial charge >= 0.3 is 65.7 Å². The Labute approximate surface area is 372 Å². The minimum Gasteiger partial charge on any atom is -0.480 e. The number of benzene rings is 3. The Balaban J connectivity index is 1.61. The molecule has 1 unspecified atom stereocenters. The number of esters is 6. The highest BCUT2D eigenvalue weighted by Crippen LogP contribution is 2.18. The molecule has 0 bridgehead atoms. The van der Waals surface area contributed by atoms with E-state index in [0.29, 0.717) is 5.69 Å². The van der Waals surface area contributed by atoms with Crippen molar-refractivity contribution in [2.75, 3.05) is 87.5 Å². The maximum atomic E-state index is 12.7. The van der Waals surface area contributed by atoms with Gasteiger partial charge in [0.25, 0.3) is 0 Å². The molecule has 1 atom stereocenters. The molecule has 25 heteroatoms. The van der Waals surface area contributed by atoms with E-state index >= 15 is 0 Å². The maximum Gasteiger partial charge on any atom is 0.344 e. The Hall–Kier alpha value is -8.77. The fourth-order valence-corrected chi connectivity index (χ4v) is 5.31. The number of likely N-dealkylation sites (N-methyl/N-ethyl adjacent to an activating group) is 1. The predicted molar refractivity (Wildman–Crippen MR) is 218 cm³/mol. The van der Waals surface area contributed by atoms with Crippen LogP contribution in [0.15, 0.2) is 72.8 Å². The molecule has 25 nitrogen and oxygen atoms in total. The van der Waals surface area contributed by atoms with Crippen LogP contribution in [0.4, 0.5) is 17.1 Å². The highest BCUT2D eigenvalue weighted by atomic mass is 16.6. The highest BCUT2D eigenvalue weighted by Gasteiger charge is 2.23. The van der Waals surface area contributed by atoms with Crippen LogP contribution in [-0.4, -0.2) is 170 Å². The standard InChI is InChI=1S/C41H41N3O22/c1-42(14-31(45)46)27-8-2-24(3-9-27)39(58)63-21-36(55)61-19-30(66-38(57)23-65-41(60)26-6-12-29(13-7-26)44(17-34(51)52)18-35(53)54)20-62-37(56)22-64-40(59)25-4-10-28(11-5-25)43(15-32(47)48)16-33(49)50/h2-13,30H,14-23H2,1H3,(H,45,46)(H,47,48)(H,49,50)(H,51,52)(H,53,54). The quantitative estimate of drug-likeness (QED) is 0.0497. The largest absolute Gasteiger partial charge is 0.480 e. The van der Waals surface area contributed by atoms with Gasteiger partial charge in [-0.1, -0.05) is 0 Å². The smallest absolute Gasteiger partial charge is 0.344 e. The first-order chi connectivity index (χ1) is 31.2. The number of carboxylic acid groups (broad SMARTS) is 5. The third-order valence-electron chi connectivity index (χ3n) is 8.28. The van der Waals surface area contributed by atoms with Gasteiger partial charge in [-0.15, -0.1) is 0 Å². The molecule has 66 heavy (non-hydrogen) atoms. The van der Waals surface area contributed by atoms with Crippen LogP contribution < -0.4 is 14.7 Å². The minimum atomic E-state index is -1.60. The van der Waals surface area contributed by atoms with Gasteiger partial charge in [-0.2, -0.15) is 0 Å². The molecule has 0 aliphatic carbocycles. The molecule has 3 rings (SSSR count). The van der Waals surface area contributed by atoms with Crippen LogP contribution in [-0.2, 0) is 66.8 Å². The Bertz CT molecular complexity index is 2230. The van der Waals surface area contributed by atoms with Crippen LogP contribution in [0, 0.1) is 0 Å². The first-order valence-electron chi connectivity index (χ1n) is 18.8. The number of carbonyl (C=O) groups excluding carboxylic acids is 6. The highest BCUT2D eigenvalue weighted by molar-refractivity contribution is 5.93. The zero-order valence-corrected chi connectivity index (χ0v) is 34.6. The van der Waals surface area contributed by atoms with E-state index in [9.17, 15) is 52.7 Å². The third-order valence-corrected chi connectivity index (χ3v) is 8.28. The van der Waals surface area contributed by atoms with Crippen LogP contribution >= 0.6 is 0 Å². The molecule has 0 aliphatic heterocycles. The van der Waals surface area contributed by atoms with E-state index < -0.39 is 131 Å². The topological polar surface area (TPSA) is 354 Å². The van der Waals surface area contributed by atoms with Gasteiger partial charge in [0.05, 0.1) is 16.7 Å². The van der Waals surface area contributed by atoms with E-state index in [1.165, 1.54) is 84.7 Å². The second kappa shape index (κ2) is 25.4. The number of hydrogen-bond donors (Lipinski definition) is 5. The van der Waals surface area contributed by atoms with E-state index in [2.05, 4.69) is 0 Å². The maximum absolute atomic E-state index is 12.7. The number of hydrogen-bond acceptors (Lipinski definition) is 20. The fraction of sp³-hybridized carbons (Fsp3) is 0.293. The molecule has 0 spiro atoms. The molecular weight excluding hydrogens is 886 g/mol. The molecule has 0 saturated heterocycles. The molecule has 352 valence electrons. The summed E-state index contributed by atoms with van der Waals surface area (Å²) in [6.45, 7) is -7.63. The molecule has 0 fully saturated rings. The van der Waals surface area contributed by atoms with E-state index in [-0.39, 0.29) is 34.6 Å². The zero-order valence-electron chi connectivity index (χ0n) is 34.6. The summed E-state index contributed by atoms with van der Waals surface area (Å²) in [5.74, 6) is -13.1. The van der Waals surface area contributed by atoms with E-state index in [4.69, 9.17) is 54.0 Å². The molecule has 3 aromatic rings. The van der Waals surface area contributed by atoms with E-state index in [0.717, 1.165) is 9.80 Å². The predicted octanol–water partition coefficient (Wildman–Crippen LogP) is 0.0276. The molecule has 5 N–H and O–H groups in total. The molecule has 0 amide bonds. The monoisotopic (exact) mass is 927 g/mol. The lowest BCUT2D eigenvalue weighted by Crippen LogP contribution is -2.34. The van der Waals surface area contributed by atoms with Crippen molar-refractivity contribution in [3.8, 4) is 0 Å². The molecule has 3 aromatic carbocycles. The number of rotatable bonds is 27. The normalized spacial score (nSPS) is 10.8. The van der Waals surface area contributed by atoms with Gasteiger partial charge < -0.3 is 68.7 Å². The number of ether oxygens (including phenoxy) is 6. The number of nitrogens with zero attached hydrogens (tertiary/aromatic N) is 3. The van der Waals surface area contributed by atoms with Crippen molar-refractivity contribution in [3.05, 3.63) is 89.5 Å². The lowest BCUT2D eigenvalue weighted by Gasteiger charge is -2.20. The first-order valence-corrected chi connectivity index (χ1v) is 18.8. The summed E-state index contributed by atoms with van der Waals surface area (Å²) < 4.78 is 30.0. The van der Waals surface area contributed by atoms with Gasteiger partial charge in [0.1, 0.15) is 45.9 Å². The molecule has 0 heterocycles. The van der Waals surface area contributed by atoms with Crippen molar-refractivity contribution in [2.24, 2.45) is 0 Å². The van der Waals surface area contributed by atoms with Crippen molar-refractivity contribution in [1.82, 2.24) is 0 Å². The van der Waals surface area contributed by atoms with Gasteiger partial charge in [0.2, 0.25) is 0 Å². The second-order valence-corrected chi connectivity index (χ2v) is 13.4. The minimum absolute atomic E-state index is 0.00586. The lowest BCUT2D eigenvalue weighted by atomic mass is 10.2. The number of aliphatic carboxylic acids is 5. The second-order valence-electron chi connectivity index (χ2n) is 13.4. The van der Waals surface area contributed by atoms with E-state index in [1.807, 2.05) is 0 Å². The van der Waals surface area contributed by atoms with Crippen molar-refractivity contribution >= 4 is 82.7 Å². The molecular formula is C41H41N3O22. The number of anilines is 3. The van der Waals surface area contributed by atoms with Crippen LogP contribution in [0.5, 0.6) is 0 Å². The summed E-state index contributed by atoms with van der Waals surface area (Å²) in [6, 6.07) is 15.2. The van der Waals surface area contributed by atoms with Crippen LogP contribution in [0.1, 0.15) is 31.1 Å². The Kier molecular flexibility index (Phi) is 19.8. The summed E-state index contributed by atoms with van der Waals surface area (Å²) in [7, 11) is 1.51. The van der Waals surface area contributed by atoms with Gasteiger partial charge in [-0.25, -0.2) is 28.8 Å². The Morgan fingerprint density at radius 1 is 0.409 bits per heavy atom. The van der Waals surface area contributed by atoms with Crippen molar-refractivity contribution < 1.29 is 107 Å². The van der Waals surface area contributed by atoms with Gasteiger partial charge in [0.15, 0.2) is 25.9 Å². The van der Waals surface area contributed by atoms with Crippen LogP contribution in [0.25, 0.3) is 0 Å². The van der Waals surface area contributed by atoms with Crippen molar-refractivity contribution in [1.29, 1.82) is 0 Å². The Morgan fingerprint density at radius 3 is 1.00 bits per heavy atom. The van der Waals surface area contributed by atoms with Gasteiger partial charge in [-0.3, -0.25) is 24.0 Å². The Morgan fingerprint density at radius 2 is 0.697 bits per heavy atom. The SMILES string of the molecule is CN(CC(=O)O)c1ccc(C(=O)OCC(=O)OCC(COC(=O)COC(=O)c2ccc(N(CC(=O)O)CC(=O)O)cc2)OC(=O)COC(=O)c2ccc(N(CC(=O)O)CC(=O)O)cc2)cc1.